The molecule has 0 spiro atoms. The molecule has 10 nitrogen and oxygen atoms in total. The Morgan fingerprint density at radius 2 is 2.04 bits per heavy atom. The number of carbonyl (C=O) groups excluding carboxylic acids is 1. The van der Waals surface area contributed by atoms with Gasteiger partial charge in [-0.1, -0.05) is 28.8 Å². The number of amides is 1. The number of rotatable bonds is 4. The molecule has 1 N–H and O–H groups in total. The topological polar surface area (TPSA) is 117 Å². The van der Waals surface area contributed by atoms with E-state index in [0.29, 0.717) is 11.3 Å². The minimum absolute atomic E-state index is 0.0750. The van der Waals surface area contributed by atoms with Gasteiger partial charge in [0.1, 0.15) is 5.75 Å². The first-order valence-electron chi connectivity index (χ1n) is 7.37. The Kier molecular flexibility index (Phi) is 4.67. The molecule has 0 aliphatic rings. The lowest BCUT2D eigenvalue weighted by Crippen LogP contribution is -2.27. The minimum atomic E-state index is -0.646. The standard InChI is InChI=1S/C15H14ClN7O3/c1-22-14(25)10(8-5-4-6-9(7-8)26-3)11(16)12(19-22)13(24)17-15-18-20-21-23(15)2/h4-7H,1-3H3,(H,17,18,21,24). The summed E-state index contributed by atoms with van der Waals surface area (Å²) in [5, 5.41) is 17.1. The SMILES string of the molecule is COc1cccc(-c2c(Cl)c(C(=O)Nc3nnnn3C)nn(C)c2=O)c1. The first-order chi connectivity index (χ1) is 12.4. The highest BCUT2D eigenvalue weighted by molar-refractivity contribution is 6.36. The highest BCUT2D eigenvalue weighted by Gasteiger charge is 2.22. The third-order valence-electron chi connectivity index (χ3n) is 3.60. The predicted octanol–water partition coefficient (Wildman–Crippen LogP) is 0.885. The van der Waals surface area contributed by atoms with Gasteiger partial charge in [0.2, 0.25) is 5.95 Å². The number of halogens is 1. The van der Waals surface area contributed by atoms with Crippen molar-refractivity contribution >= 4 is 23.5 Å². The quantitative estimate of drug-likeness (QED) is 0.719. The smallest absolute Gasteiger partial charge is 0.280 e. The summed E-state index contributed by atoms with van der Waals surface area (Å²) >= 11 is 6.35. The van der Waals surface area contributed by atoms with Gasteiger partial charge in [0.15, 0.2) is 5.69 Å². The molecule has 0 saturated carbocycles. The van der Waals surface area contributed by atoms with Gasteiger partial charge < -0.3 is 4.74 Å². The number of aryl methyl sites for hydroxylation is 2. The molecule has 0 aliphatic heterocycles. The summed E-state index contributed by atoms with van der Waals surface area (Å²) < 4.78 is 7.50. The Morgan fingerprint density at radius 3 is 2.69 bits per heavy atom. The third-order valence-corrected chi connectivity index (χ3v) is 3.97. The van der Waals surface area contributed by atoms with Crippen molar-refractivity contribution in [3.63, 3.8) is 0 Å². The van der Waals surface area contributed by atoms with E-state index in [1.807, 2.05) is 0 Å². The molecule has 3 rings (SSSR count). The van der Waals surface area contributed by atoms with E-state index in [1.54, 1.807) is 31.3 Å². The molecular formula is C15H14ClN7O3. The van der Waals surface area contributed by atoms with Crippen LogP contribution < -0.4 is 15.6 Å². The second-order valence-corrected chi connectivity index (χ2v) is 5.66. The van der Waals surface area contributed by atoms with E-state index in [1.165, 1.54) is 18.8 Å². The van der Waals surface area contributed by atoms with Gasteiger partial charge in [0, 0.05) is 14.1 Å². The average molecular weight is 376 g/mol. The number of carbonyl (C=O) groups is 1. The summed E-state index contributed by atoms with van der Waals surface area (Å²) in [4.78, 5) is 25.1. The molecule has 11 heteroatoms. The number of ether oxygens (including phenoxy) is 1. The molecule has 2 heterocycles. The summed E-state index contributed by atoms with van der Waals surface area (Å²) in [6, 6.07) is 6.80. The molecule has 1 aromatic carbocycles. The lowest BCUT2D eigenvalue weighted by atomic mass is 10.1. The molecule has 0 bridgehead atoms. The summed E-state index contributed by atoms with van der Waals surface area (Å²) in [5.74, 6) is 0.0193. The van der Waals surface area contributed by atoms with Crippen molar-refractivity contribution < 1.29 is 9.53 Å². The van der Waals surface area contributed by atoms with Crippen LogP contribution in [0, 0.1) is 0 Å². The van der Waals surface area contributed by atoms with Crippen LogP contribution in [0.5, 0.6) is 5.75 Å². The first-order valence-corrected chi connectivity index (χ1v) is 7.75. The van der Waals surface area contributed by atoms with E-state index in [2.05, 4.69) is 25.9 Å². The summed E-state index contributed by atoms with van der Waals surface area (Å²) in [6.45, 7) is 0. The Bertz CT molecular complexity index is 1040. The zero-order valence-corrected chi connectivity index (χ0v) is 14.9. The number of hydrogen-bond donors (Lipinski definition) is 1. The van der Waals surface area contributed by atoms with Gasteiger partial charge in [-0.3, -0.25) is 14.9 Å². The van der Waals surface area contributed by atoms with Crippen LogP contribution in [-0.2, 0) is 14.1 Å². The third kappa shape index (κ3) is 3.14. The Hall–Kier alpha value is -3.27. The van der Waals surface area contributed by atoms with Crippen LogP contribution in [-0.4, -0.2) is 43.0 Å². The van der Waals surface area contributed by atoms with Crippen molar-refractivity contribution in [2.24, 2.45) is 14.1 Å². The van der Waals surface area contributed by atoms with Crippen molar-refractivity contribution in [2.75, 3.05) is 12.4 Å². The van der Waals surface area contributed by atoms with Gasteiger partial charge in [-0.15, -0.1) is 0 Å². The average Bonchev–Trinajstić information content (AvgIpc) is 3.03. The highest BCUT2D eigenvalue weighted by atomic mass is 35.5. The summed E-state index contributed by atoms with van der Waals surface area (Å²) in [7, 11) is 4.51. The van der Waals surface area contributed by atoms with Crippen LogP contribution in [0.15, 0.2) is 29.1 Å². The van der Waals surface area contributed by atoms with E-state index in [4.69, 9.17) is 16.3 Å². The largest absolute Gasteiger partial charge is 0.497 e. The predicted molar refractivity (Wildman–Crippen MR) is 93.2 cm³/mol. The van der Waals surface area contributed by atoms with Crippen molar-refractivity contribution in [1.29, 1.82) is 0 Å². The van der Waals surface area contributed by atoms with Gasteiger partial charge in [-0.2, -0.15) is 5.10 Å². The molecule has 2 aromatic heterocycles. The molecule has 0 fully saturated rings. The fraction of sp³-hybridized carbons (Fsp3) is 0.200. The second-order valence-electron chi connectivity index (χ2n) is 5.28. The Balaban J connectivity index is 2.11. The highest BCUT2D eigenvalue weighted by Crippen LogP contribution is 2.29. The fourth-order valence-electron chi connectivity index (χ4n) is 2.28. The Labute approximate surface area is 152 Å². The Morgan fingerprint density at radius 1 is 1.27 bits per heavy atom. The van der Waals surface area contributed by atoms with Gasteiger partial charge in [0.25, 0.3) is 11.5 Å². The van der Waals surface area contributed by atoms with Crippen molar-refractivity contribution in [1.82, 2.24) is 30.0 Å². The molecule has 0 radical (unpaired) electrons. The molecule has 0 unspecified atom stereocenters. The van der Waals surface area contributed by atoms with E-state index in [-0.39, 0.29) is 22.2 Å². The summed E-state index contributed by atoms with van der Waals surface area (Å²) in [6.07, 6.45) is 0. The number of hydrogen-bond acceptors (Lipinski definition) is 7. The van der Waals surface area contributed by atoms with E-state index < -0.39 is 11.5 Å². The number of tetrazole rings is 1. The van der Waals surface area contributed by atoms with Crippen molar-refractivity contribution in [3.05, 3.63) is 45.3 Å². The van der Waals surface area contributed by atoms with Crippen LogP contribution >= 0.6 is 11.6 Å². The summed E-state index contributed by atoms with van der Waals surface area (Å²) in [5.41, 5.74) is 0.0748. The van der Waals surface area contributed by atoms with Gasteiger partial charge >= 0.3 is 0 Å². The number of methoxy groups -OCH3 is 1. The molecule has 0 aliphatic carbocycles. The number of nitrogens with one attached hydrogen (secondary N) is 1. The van der Waals surface area contributed by atoms with Crippen LogP contribution in [0.1, 0.15) is 10.5 Å². The molecule has 1 amide bonds. The maximum absolute atomic E-state index is 12.5. The van der Waals surface area contributed by atoms with Gasteiger partial charge in [0.05, 0.1) is 17.7 Å². The molecule has 0 atom stereocenters. The van der Waals surface area contributed by atoms with Gasteiger partial charge in [-0.05, 0) is 28.1 Å². The number of anilines is 1. The van der Waals surface area contributed by atoms with Crippen LogP contribution in [0.25, 0.3) is 11.1 Å². The number of aromatic nitrogens is 6. The van der Waals surface area contributed by atoms with Crippen molar-refractivity contribution in [3.8, 4) is 16.9 Å². The maximum Gasteiger partial charge on any atom is 0.280 e. The normalized spacial score (nSPS) is 10.6. The first kappa shape index (κ1) is 17.5. The lowest BCUT2D eigenvalue weighted by molar-refractivity contribution is 0.101. The molecule has 134 valence electrons. The monoisotopic (exact) mass is 375 g/mol. The zero-order chi connectivity index (χ0) is 18.8. The number of nitrogens with zero attached hydrogens (tertiary/aromatic N) is 6. The molecule has 0 saturated heterocycles. The van der Waals surface area contributed by atoms with E-state index >= 15 is 0 Å². The fourth-order valence-corrected chi connectivity index (χ4v) is 2.60. The van der Waals surface area contributed by atoms with Crippen LogP contribution in [0.3, 0.4) is 0 Å². The molecule has 3 aromatic rings. The van der Waals surface area contributed by atoms with Gasteiger partial charge in [-0.25, -0.2) is 9.36 Å². The zero-order valence-electron chi connectivity index (χ0n) is 14.1. The second kappa shape index (κ2) is 6.92. The molecular weight excluding hydrogens is 362 g/mol. The molecule has 26 heavy (non-hydrogen) atoms. The lowest BCUT2D eigenvalue weighted by Gasteiger charge is -2.11. The minimum Gasteiger partial charge on any atom is -0.497 e. The van der Waals surface area contributed by atoms with E-state index in [0.717, 1.165) is 4.68 Å². The van der Waals surface area contributed by atoms with Crippen LogP contribution in [0.2, 0.25) is 5.02 Å². The van der Waals surface area contributed by atoms with Crippen LogP contribution in [0.4, 0.5) is 5.95 Å². The van der Waals surface area contributed by atoms with E-state index in [9.17, 15) is 9.59 Å². The van der Waals surface area contributed by atoms with Crippen molar-refractivity contribution in [2.45, 2.75) is 0 Å². The maximum atomic E-state index is 12.5. The number of benzene rings is 1.